The van der Waals surface area contributed by atoms with Gasteiger partial charge in [0.2, 0.25) is 5.91 Å². The molecule has 2 saturated heterocycles. The first-order valence-corrected chi connectivity index (χ1v) is 6.11. The lowest BCUT2D eigenvalue weighted by Crippen LogP contribution is -2.59. The molecule has 0 aromatic rings. The van der Waals surface area contributed by atoms with E-state index in [1.54, 1.807) is 0 Å². The van der Waals surface area contributed by atoms with Crippen molar-refractivity contribution in [2.75, 3.05) is 52.5 Å². The number of rotatable bonds is 4. The first kappa shape index (κ1) is 11.8. The molecule has 5 nitrogen and oxygen atoms in total. The lowest BCUT2D eigenvalue weighted by Gasteiger charge is -2.38. The molecule has 0 atom stereocenters. The van der Waals surface area contributed by atoms with Crippen LogP contribution in [0.2, 0.25) is 0 Å². The van der Waals surface area contributed by atoms with Crippen molar-refractivity contribution >= 4 is 5.91 Å². The number of amides is 1. The van der Waals surface area contributed by atoms with Gasteiger partial charge in [-0.2, -0.15) is 0 Å². The largest absolute Gasteiger partial charge is 0.378 e. The molecule has 92 valence electrons. The first-order chi connectivity index (χ1) is 7.81. The standard InChI is InChI=1S/C11H21N3O2/c1-2-13(10-7-12-8-10)9-11(15)14-3-5-16-6-4-14/h10,12H,2-9H2,1H3. The minimum absolute atomic E-state index is 0.247. The summed E-state index contributed by atoms with van der Waals surface area (Å²) in [4.78, 5) is 16.2. The average molecular weight is 227 g/mol. The molecule has 2 rings (SSSR count). The molecule has 0 aromatic carbocycles. The van der Waals surface area contributed by atoms with Crippen molar-refractivity contribution in [3.63, 3.8) is 0 Å². The zero-order valence-corrected chi connectivity index (χ0v) is 9.95. The molecule has 16 heavy (non-hydrogen) atoms. The molecule has 0 radical (unpaired) electrons. The third-order valence-corrected chi connectivity index (χ3v) is 3.38. The molecule has 0 unspecified atom stereocenters. The van der Waals surface area contributed by atoms with Gasteiger partial charge in [0.05, 0.1) is 19.8 Å². The maximum atomic E-state index is 12.0. The fourth-order valence-corrected chi connectivity index (χ4v) is 2.12. The summed E-state index contributed by atoms with van der Waals surface area (Å²) in [7, 11) is 0. The molecular formula is C11H21N3O2. The summed E-state index contributed by atoms with van der Waals surface area (Å²) in [5, 5.41) is 3.24. The van der Waals surface area contributed by atoms with Crippen LogP contribution in [-0.4, -0.2) is 74.2 Å². The van der Waals surface area contributed by atoms with E-state index in [-0.39, 0.29) is 5.91 Å². The van der Waals surface area contributed by atoms with E-state index in [0.29, 0.717) is 25.8 Å². The number of likely N-dealkylation sites (N-methyl/N-ethyl adjacent to an activating group) is 1. The second-order valence-corrected chi connectivity index (χ2v) is 4.37. The van der Waals surface area contributed by atoms with Crippen LogP contribution in [0.5, 0.6) is 0 Å². The molecule has 0 aliphatic carbocycles. The molecule has 0 spiro atoms. The Bertz CT molecular complexity index is 237. The molecule has 0 aromatic heterocycles. The summed E-state index contributed by atoms with van der Waals surface area (Å²) in [6.07, 6.45) is 0. The van der Waals surface area contributed by atoms with Crippen LogP contribution in [0.3, 0.4) is 0 Å². The summed E-state index contributed by atoms with van der Waals surface area (Å²) < 4.78 is 5.24. The fourth-order valence-electron chi connectivity index (χ4n) is 2.12. The van der Waals surface area contributed by atoms with E-state index in [9.17, 15) is 4.79 Å². The Hall–Kier alpha value is -0.650. The molecule has 2 heterocycles. The second-order valence-electron chi connectivity index (χ2n) is 4.37. The summed E-state index contributed by atoms with van der Waals surface area (Å²) in [5.74, 6) is 0.247. The highest BCUT2D eigenvalue weighted by molar-refractivity contribution is 5.78. The van der Waals surface area contributed by atoms with E-state index in [0.717, 1.165) is 32.7 Å². The third-order valence-electron chi connectivity index (χ3n) is 3.38. The van der Waals surface area contributed by atoms with Crippen LogP contribution >= 0.6 is 0 Å². The van der Waals surface area contributed by atoms with E-state index in [4.69, 9.17) is 4.74 Å². The van der Waals surface area contributed by atoms with Gasteiger partial charge in [-0.25, -0.2) is 0 Å². The monoisotopic (exact) mass is 227 g/mol. The number of hydrogen-bond acceptors (Lipinski definition) is 4. The molecule has 2 aliphatic rings. The highest BCUT2D eigenvalue weighted by atomic mass is 16.5. The topological polar surface area (TPSA) is 44.8 Å². The zero-order valence-electron chi connectivity index (χ0n) is 9.95. The van der Waals surface area contributed by atoms with Crippen LogP contribution in [-0.2, 0) is 9.53 Å². The van der Waals surface area contributed by atoms with Crippen LogP contribution in [0.15, 0.2) is 0 Å². The van der Waals surface area contributed by atoms with E-state index >= 15 is 0 Å². The van der Waals surface area contributed by atoms with Crippen molar-refractivity contribution < 1.29 is 9.53 Å². The van der Waals surface area contributed by atoms with Gasteiger partial charge in [-0.1, -0.05) is 6.92 Å². The minimum Gasteiger partial charge on any atom is -0.378 e. The molecule has 2 fully saturated rings. The van der Waals surface area contributed by atoms with Crippen LogP contribution in [0.4, 0.5) is 0 Å². The number of nitrogens with one attached hydrogen (secondary N) is 1. The third kappa shape index (κ3) is 2.72. The Morgan fingerprint density at radius 2 is 2.12 bits per heavy atom. The lowest BCUT2D eigenvalue weighted by molar-refractivity contribution is -0.137. The van der Waals surface area contributed by atoms with Gasteiger partial charge >= 0.3 is 0 Å². The molecule has 0 saturated carbocycles. The molecular weight excluding hydrogens is 206 g/mol. The van der Waals surface area contributed by atoms with Crippen molar-refractivity contribution in [1.29, 1.82) is 0 Å². The predicted octanol–water partition coefficient (Wildman–Crippen LogP) is -0.861. The maximum Gasteiger partial charge on any atom is 0.236 e. The van der Waals surface area contributed by atoms with Gasteiger partial charge in [-0.3, -0.25) is 9.69 Å². The Labute approximate surface area is 96.7 Å². The molecule has 2 aliphatic heterocycles. The predicted molar refractivity (Wildman–Crippen MR) is 61.3 cm³/mol. The average Bonchev–Trinajstić information content (AvgIpc) is 2.26. The van der Waals surface area contributed by atoms with E-state index in [2.05, 4.69) is 17.1 Å². The van der Waals surface area contributed by atoms with Gasteiger partial charge in [0.15, 0.2) is 0 Å². The van der Waals surface area contributed by atoms with Gasteiger partial charge in [-0.05, 0) is 6.54 Å². The fraction of sp³-hybridized carbons (Fsp3) is 0.909. The maximum absolute atomic E-state index is 12.0. The van der Waals surface area contributed by atoms with Gasteiger partial charge in [0, 0.05) is 32.2 Å². The van der Waals surface area contributed by atoms with Gasteiger partial charge in [0.25, 0.3) is 0 Å². The minimum atomic E-state index is 0.247. The van der Waals surface area contributed by atoms with Crippen LogP contribution in [0.25, 0.3) is 0 Å². The van der Waals surface area contributed by atoms with Crippen molar-refractivity contribution in [2.24, 2.45) is 0 Å². The van der Waals surface area contributed by atoms with Crippen molar-refractivity contribution in [3.05, 3.63) is 0 Å². The van der Waals surface area contributed by atoms with Crippen molar-refractivity contribution in [3.8, 4) is 0 Å². The van der Waals surface area contributed by atoms with E-state index in [1.165, 1.54) is 0 Å². The molecule has 5 heteroatoms. The van der Waals surface area contributed by atoms with Crippen LogP contribution in [0.1, 0.15) is 6.92 Å². The summed E-state index contributed by atoms with van der Waals surface area (Å²) in [6, 6.07) is 0.551. The number of carbonyl (C=O) groups excluding carboxylic acids is 1. The summed E-state index contributed by atoms with van der Waals surface area (Å²) in [5.41, 5.74) is 0. The second kappa shape index (κ2) is 5.61. The highest BCUT2D eigenvalue weighted by Gasteiger charge is 2.26. The molecule has 1 amide bonds. The highest BCUT2D eigenvalue weighted by Crippen LogP contribution is 2.06. The molecule has 0 bridgehead atoms. The zero-order chi connectivity index (χ0) is 11.4. The van der Waals surface area contributed by atoms with E-state index in [1.807, 2.05) is 4.90 Å². The Balaban J connectivity index is 1.79. The van der Waals surface area contributed by atoms with E-state index < -0.39 is 0 Å². The number of hydrogen-bond donors (Lipinski definition) is 1. The smallest absolute Gasteiger partial charge is 0.236 e. The van der Waals surface area contributed by atoms with Crippen molar-refractivity contribution in [1.82, 2.24) is 15.1 Å². The number of carbonyl (C=O) groups is 1. The van der Waals surface area contributed by atoms with Crippen LogP contribution in [0, 0.1) is 0 Å². The Kier molecular flexibility index (Phi) is 4.15. The summed E-state index contributed by atoms with van der Waals surface area (Å²) in [6.45, 7) is 8.52. The SMILES string of the molecule is CCN(CC(=O)N1CCOCC1)C1CNC1. The number of nitrogens with zero attached hydrogens (tertiary/aromatic N) is 2. The van der Waals surface area contributed by atoms with Gasteiger partial charge in [0.1, 0.15) is 0 Å². The normalized spacial score (nSPS) is 22.2. The van der Waals surface area contributed by atoms with Gasteiger partial charge in [-0.15, -0.1) is 0 Å². The quantitative estimate of drug-likeness (QED) is 0.679. The molecule has 1 N–H and O–H groups in total. The van der Waals surface area contributed by atoms with Crippen molar-refractivity contribution in [2.45, 2.75) is 13.0 Å². The first-order valence-electron chi connectivity index (χ1n) is 6.11. The lowest BCUT2D eigenvalue weighted by atomic mass is 10.1. The number of ether oxygens (including phenoxy) is 1. The van der Waals surface area contributed by atoms with Crippen LogP contribution < -0.4 is 5.32 Å². The van der Waals surface area contributed by atoms with Gasteiger partial charge < -0.3 is 15.0 Å². The summed E-state index contributed by atoms with van der Waals surface area (Å²) >= 11 is 0. The Morgan fingerprint density at radius 1 is 1.44 bits per heavy atom. The number of morpholine rings is 1. The Morgan fingerprint density at radius 3 is 2.62 bits per heavy atom.